The number of piperazine rings is 1. The Bertz CT molecular complexity index is 646. The first-order chi connectivity index (χ1) is 12.2. The summed E-state index contributed by atoms with van der Waals surface area (Å²) in [5.41, 5.74) is 6.61. The Kier molecular flexibility index (Phi) is 5.34. The molecule has 4 N–H and O–H groups in total. The number of anilines is 2. The van der Waals surface area contributed by atoms with Crippen LogP contribution in [-0.2, 0) is 4.79 Å². The molecule has 1 saturated heterocycles. The van der Waals surface area contributed by atoms with Crippen LogP contribution in [0.25, 0.3) is 0 Å². The van der Waals surface area contributed by atoms with E-state index in [2.05, 4.69) is 25.1 Å². The number of nitrogens with zero attached hydrogens (tertiary/aromatic N) is 4. The van der Waals surface area contributed by atoms with Gasteiger partial charge in [-0.05, 0) is 33.6 Å². The first-order valence-corrected chi connectivity index (χ1v) is 9.30. The smallest absolute Gasteiger partial charge is 0.234 e. The number of aliphatic hydroxyl groups is 1. The van der Waals surface area contributed by atoms with E-state index in [1.165, 1.54) is 0 Å². The van der Waals surface area contributed by atoms with E-state index < -0.39 is 0 Å². The van der Waals surface area contributed by atoms with Crippen molar-refractivity contribution in [2.75, 3.05) is 43.4 Å². The number of nitrogens with one attached hydrogen (secondary N) is 1. The number of nitrogens with two attached hydrogens (primary N) is 1. The lowest BCUT2D eigenvalue weighted by atomic mass is 9.80. The van der Waals surface area contributed by atoms with Crippen LogP contribution >= 0.6 is 0 Å². The number of carbonyl (C=O) groups is 1. The third-order valence-corrected chi connectivity index (χ3v) is 4.86. The second-order valence-electron chi connectivity index (χ2n) is 8.39. The number of aromatic nitrogens is 2. The van der Waals surface area contributed by atoms with E-state index in [9.17, 15) is 9.90 Å². The highest BCUT2D eigenvalue weighted by Crippen LogP contribution is 2.37. The lowest BCUT2D eigenvalue weighted by Gasteiger charge is -2.36. The van der Waals surface area contributed by atoms with Crippen molar-refractivity contribution in [1.82, 2.24) is 20.2 Å². The molecular formula is C18H30N6O2. The lowest BCUT2D eigenvalue weighted by Crippen LogP contribution is -2.52. The third-order valence-electron chi connectivity index (χ3n) is 4.86. The van der Waals surface area contributed by atoms with Crippen LogP contribution in [0.2, 0.25) is 0 Å². The van der Waals surface area contributed by atoms with Crippen molar-refractivity contribution < 1.29 is 9.90 Å². The molecule has 0 unspecified atom stereocenters. The van der Waals surface area contributed by atoms with Crippen LogP contribution < -0.4 is 16.0 Å². The van der Waals surface area contributed by atoms with Crippen LogP contribution in [0.5, 0.6) is 0 Å². The minimum absolute atomic E-state index is 0.0584. The van der Waals surface area contributed by atoms with E-state index in [1.54, 1.807) is 0 Å². The van der Waals surface area contributed by atoms with Crippen LogP contribution in [0.1, 0.15) is 45.2 Å². The number of hydrogen-bond donors (Lipinski definition) is 3. The highest BCUT2D eigenvalue weighted by Gasteiger charge is 2.31. The summed E-state index contributed by atoms with van der Waals surface area (Å²) < 4.78 is 0. The topological polar surface area (TPSA) is 108 Å². The monoisotopic (exact) mass is 362 g/mol. The molecule has 8 heteroatoms. The summed E-state index contributed by atoms with van der Waals surface area (Å²) in [6.45, 7) is 9.58. The van der Waals surface area contributed by atoms with Gasteiger partial charge in [0.2, 0.25) is 11.9 Å². The summed E-state index contributed by atoms with van der Waals surface area (Å²) in [6.07, 6.45) is 1.27. The van der Waals surface area contributed by atoms with Gasteiger partial charge in [-0.3, -0.25) is 9.69 Å². The van der Waals surface area contributed by atoms with Crippen molar-refractivity contribution in [3.8, 4) is 0 Å². The Labute approximate surface area is 154 Å². The SMILES string of the molecule is CC(C)(C)NC(=O)CN1CCN(c2cc(C3CC(O)C3)nc(N)n2)CC1. The fraction of sp³-hybridized carbons (Fsp3) is 0.722. The molecule has 1 aromatic heterocycles. The molecule has 2 fully saturated rings. The number of carbonyl (C=O) groups excluding carboxylic acids is 1. The maximum Gasteiger partial charge on any atom is 0.234 e. The second-order valence-corrected chi connectivity index (χ2v) is 8.39. The highest BCUT2D eigenvalue weighted by atomic mass is 16.3. The summed E-state index contributed by atoms with van der Waals surface area (Å²) in [5, 5.41) is 12.5. The van der Waals surface area contributed by atoms with Crippen molar-refractivity contribution >= 4 is 17.7 Å². The largest absolute Gasteiger partial charge is 0.393 e. The summed E-state index contributed by atoms with van der Waals surface area (Å²) in [7, 11) is 0. The van der Waals surface area contributed by atoms with Gasteiger partial charge in [-0.15, -0.1) is 0 Å². The normalized spacial score (nSPS) is 24.2. The highest BCUT2D eigenvalue weighted by molar-refractivity contribution is 5.78. The van der Waals surface area contributed by atoms with E-state index in [0.29, 0.717) is 6.54 Å². The van der Waals surface area contributed by atoms with Crippen LogP contribution in [0, 0.1) is 0 Å². The molecule has 1 aromatic rings. The van der Waals surface area contributed by atoms with Gasteiger partial charge in [-0.25, -0.2) is 4.98 Å². The minimum atomic E-state index is -0.220. The van der Waals surface area contributed by atoms with Gasteiger partial charge < -0.3 is 21.1 Å². The minimum Gasteiger partial charge on any atom is -0.393 e. The van der Waals surface area contributed by atoms with E-state index in [4.69, 9.17) is 5.73 Å². The van der Waals surface area contributed by atoms with E-state index in [1.807, 2.05) is 26.8 Å². The molecule has 8 nitrogen and oxygen atoms in total. The van der Waals surface area contributed by atoms with E-state index >= 15 is 0 Å². The van der Waals surface area contributed by atoms with E-state index in [0.717, 1.165) is 50.5 Å². The Morgan fingerprint density at radius 1 is 1.27 bits per heavy atom. The summed E-state index contributed by atoms with van der Waals surface area (Å²) in [6, 6.07) is 1.99. The second kappa shape index (κ2) is 7.36. The summed E-state index contributed by atoms with van der Waals surface area (Å²) in [4.78, 5) is 25.2. The number of amides is 1. The molecule has 2 aliphatic rings. The average molecular weight is 362 g/mol. The molecule has 0 atom stereocenters. The predicted octanol–water partition coefficient (Wildman–Crippen LogP) is 0.334. The predicted molar refractivity (Wildman–Crippen MR) is 101 cm³/mol. The quantitative estimate of drug-likeness (QED) is 0.708. The number of nitrogen functional groups attached to an aromatic ring is 1. The molecule has 3 rings (SSSR count). The van der Waals surface area contributed by atoms with Gasteiger partial charge in [0.15, 0.2) is 0 Å². The maximum atomic E-state index is 12.1. The third kappa shape index (κ3) is 4.82. The fourth-order valence-electron chi connectivity index (χ4n) is 3.47. The Morgan fingerprint density at radius 3 is 2.50 bits per heavy atom. The van der Waals surface area contributed by atoms with Gasteiger partial charge in [0.05, 0.1) is 18.3 Å². The van der Waals surface area contributed by atoms with Gasteiger partial charge >= 0.3 is 0 Å². The molecule has 26 heavy (non-hydrogen) atoms. The molecule has 0 radical (unpaired) electrons. The van der Waals surface area contributed by atoms with Crippen LogP contribution in [0.3, 0.4) is 0 Å². The molecule has 1 saturated carbocycles. The molecule has 2 heterocycles. The fourth-order valence-corrected chi connectivity index (χ4v) is 3.47. The number of hydrogen-bond acceptors (Lipinski definition) is 7. The van der Waals surface area contributed by atoms with E-state index in [-0.39, 0.29) is 29.4 Å². The molecule has 0 bridgehead atoms. The Hall–Kier alpha value is -1.93. The van der Waals surface area contributed by atoms with Crippen LogP contribution in [-0.4, -0.2) is 70.2 Å². The van der Waals surface area contributed by atoms with Gasteiger partial charge in [0.1, 0.15) is 5.82 Å². The van der Waals surface area contributed by atoms with Crippen molar-refractivity contribution in [2.45, 2.75) is 51.2 Å². The zero-order chi connectivity index (χ0) is 18.9. The maximum absolute atomic E-state index is 12.1. The number of rotatable bonds is 4. The van der Waals surface area contributed by atoms with Gasteiger partial charge in [-0.1, -0.05) is 0 Å². The standard InChI is InChI=1S/C18H30N6O2/c1-18(2,3)22-16(26)11-23-4-6-24(7-5-23)15-10-14(20-17(19)21-15)12-8-13(25)9-12/h10,12-13,25H,4-9,11H2,1-3H3,(H,22,26)(H2,19,20,21). The average Bonchev–Trinajstić information content (AvgIpc) is 2.50. The Morgan fingerprint density at radius 2 is 1.92 bits per heavy atom. The first-order valence-electron chi connectivity index (χ1n) is 9.30. The molecule has 1 amide bonds. The summed E-state index contributed by atoms with van der Waals surface area (Å²) in [5.74, 6) is 1.46. The van der Waals surface area contributed by atoms with Crippen molar-refractivity contribution in [1.29, 1.82) is 0 Å². The molecule has 0 spiro atoms. The van der Waals surface area contributed by atoms with Gasteiger partial charge in [-0.2, -0.15) is 4.98 Å². The zero-order valence-electron chi connectivity index (χ0n) is 15.9. The lowest BCUT2D eigenvalue weighted by molar-refractivity contribution is -0.123. The zero-order valence-corrected chi connectivity index (χ0v) is 15.9. The van der Waals surface area contributed by atoms with Gasteiger partial charge in [0.25, 0.3) is 0 Å². The van der Waals surface area contributed by atoms with Gasteiger partial charge in [0, 0.05) is 43.7 Å². The first kappa shape index (κ1) is 18.8. The molecule has 144 valence electrons. The molecule has 0 aromatic carbocycles. The van der Waals surface area contributed by atoms with Crippen LogP contribution in [0.4, 0.5) is 11.8 Å². The summed E-state index contributed by atoms with van der Waals surface area (Å²) >= 11 is 0. The molecule has 1 aliphatic heterocycles. The molecule has 1 aliphatic carbocycles. The Balaban J connectivity index is 1.55. The van der Waals surface area contributed by atoms with Crippen molar-refractivity contribution in [3.63, 3.8) is 0 Å². The van der Waals surface area contributed by atoms with Crippen molar-refractivity contribution in [3.05, 3.63) is 11.8 Å². The number of aliphatic hydroxyl groups excluding tert-OH is 1. The molecular weight excluding hydrogens is 332 g/mol. The van der Waals surface area contributed by atoms with Crippen molar-refractivity contribution in [2.24, 2.45) is 0 Å². The van der Waals surface area contributed by atoms with Crippen LogP contribution in [0.15, 0.2) is 6.07 Å².